The number of amides is 1. The van der Waals surface area contributed by atoms with Gasteiger partial charge in [-0.25, -0.2) is 4.79 Å². The molecule has 0 aliphatic heterocycles. The van der Waals surface area contributed by atoms with Crippen LogP contribution in [0.2, 0.25) is 0 Å². The van der Waals surface area contributed by atoms with E-state index in [1.165, 1.54) is 35.5 Å². The van der Waals surface area contributed by atoms with E-state index >= 15 is 0 Å². The van der Waals surface area contributed by atoms with Gasteiger partial charge in [-0.2, -0.15) is 0 Å². The largest absolute Gasteiger partial charge is 0.345 e. The number of aromatic nitrogens is 2. The Hall–Kier alpha value is -2.89. The van der Waals surface area contributed by atoms with Gasteiger partial charge < -0.3 is 9.88 Å². The van der Waals surface area contributed by atoms with Crippen molar-refractivity contribution in [3.05, 3.63) is 74.1 Å². The first-order valence-electron chi connectivity index (χ1n) is 9.77. The molecule has 0 aliphatic rings. The number of carbonyl (C=O) groups excluding carboxylic acids is 1. The average Bonchev–Trinajstić information content (AvgIpc) is 2.65. The highest BCUT2D eigenvalue weighted by molar-refractivity contribution is 5.91. The fourth-order valence-corrected chi connectivity index (χ4v) is 3.14. The maximum absolute atomic E-state index is 12.5. The molecule has 1 aromatic carbocycles. The summed E-state index contributed by atoms with van der Waals surface area (Å²) in [5, 5.41) is 3.02. The zero-order chi connectivity index (χ0) is 21.9. The zero-order valence-electron chi connectivity index (χ0n) is 18.3. The van der Waals surface area contributed by atoms with Crippen molar-refractivity contribution in [3.63, 3.8) is 0 Å². The standard InChI is InChI=1S/C23H31N3O3/c1-15(2)20(16-8-11-18(12-9-16)23(3,4)5)24-19(27)13-10-17-14-25(6)22(29)26(7)21(17)28/h8-15,20H,1-7H3,(H,24,27)/b13-10+. The summed E-state index contributed by atoms with van der Waals surface area (Å²) in [4.78, 5) is 36.5. The molecular formula is C23H31N3O3. The van der Waals surface area contributed by atoms with Crippen LogP contribution in [-0.4, -0.2) is 15.0 Å². The van der Waals surface area contributed by atoms with Gasteiger partial charge in [-0.3, -0.25) is 14.2 Å². The molecule has 0 radical (unpaired) electrons. The van der Waals surface area contributed by atoms with Crippen LogP contribution in [0.3, 0.4) is 0 Å². The third-order valence-corrected chi connectivity index (χ3v) is 4.99. The van der Waals surface area contributed by atoms with E-state index in [9.17, 15) is 14.4 Å². The molecule has 1 amide bonds. The van der Waals surface area contributed by atoms with Crippen molar-refractivity contribution in [1.29, 1.82) is 0 Å². The van der Waals surface area contributed by atoms with Gasteiger partial charge in [0.05, 0.1) is 11.6 Å². The van der Waals surface area contributed by atoms with Crippen LogP contribution in [0.4, 0.5) is 0 Å². The van der Waals surface area contributed by atoms with E-state index in [2.05, 4.69) is 64.2 Å². The van der Waals surface area contributed by atoms with E-state index in [1.807, 2.05) is 0 Å². The van der Waals surface area contributed by atoms with E-state index in [-0.39, 0.29) is 28.8 Å². The first kappa shape index (κ1) is 22.4. The van der Waals surface area contributed by atoms with Gasteiger partial charge in [-0.05, 0) is 28.5 Å². The van der Waals surface area contributed by atoms with E-state index < -0.39 is 11.2 Å². The molecule has 29 heavy (non-hydrogen) atoms. The quantitative estimate of drug-likeness (QED) is 0.789. The average molecular weight is 398 g/mol. The van der Waals surface area contributed by atoms with Crippen molar-refractivity contribution >= 4 is 12.0 Å². The van der Waals surface area contributed by atoms with E-state index in [4.69, 9.17) is 0 Å². The second kappa shape index (κ2) is 8.64. The lowest BCUT2D eigenvalue weighted by atomic mass is 9.85. The van der Waals surface area contributed by atoms with Crippen LogP contribution >= 0.6 is 0 Å². The molecule has 2 aromatic rings. The molecule has 0 bridgehead atoms. The number of benzene rings is 1. The van der Waals surface area contributed by atoms with Crippen LogP contribution in [0.1, 0.15) is 57.4 Å². The predicted molar refractivity (Wildman–Crippen MR) is 117 cm³/mol. The summed E-state index contributed by atoms with van der Waals surface area (Å²) >= 11 is 0. The lowest BCUT2D eigenvalue weighted by Crippen LogP contribution is -2.37. The van der Waals surface area contributed by atoms with Crippen LogP contribution in [0.15, 0.2) is 46.1 Å². The van der Waals surface area contributed by atoms with Gasteiger partial charge in [0.15, 0.2) is 0 Å². The van der Waals surface area contributed by atoms with Gasteiger partial charge in [0, 0.05) is 26.4 Å². The second-order valence-corrected chi connectivity index (χ2v) is 8.78. The highest BCUT2D eigenvalue weighted by atomic mass is 16.2. The smallest absolute Gasteiger partial charge is 0.330 e. The molecule has 0 aliphatic carbocycles. The monoisotopic (exact) mass is 397 g/mol. The van der Waals surface area contributed by atoms with Crippen molar-refractivity contribution in [2.24, 2.45) is 20.0 Å². The molecule has 0 fully saturated rings. The Morgan fingerprint density at radius 3 is 2.17 bits per heavy atom. The predicted octanol–water partition coefficient (Wildman–Crippen LogP) is 2.91. The van der Waals surface area contributed by atoms with Crippen molar-refractivity contribution in [2.75, 3.05) is 0 Å². The van der Waals surface area contributed by atoms with Crippen LogP contribution in [0.25, 0.3) is 6.08 Å². The van der Waals surface area contributed by atoms with Crippen LogP contribution in [-0.2, 0) is 24.3 Å². The molecule has 1 unspecified atom stereocenters. The second-order valence-electron chi connectivity index (χ2n) is 8.78. The van der Waals surface area contributed by atoms with Gasteiger partial charge in [0.1, 0.15) is 0 Å². The van der Waals surface area contributed by atoms with Crippen molar-refractivity contribution in [1.82, 2.24) is 14.5 Å². The summed E-state index contributed by atoms with van der Waals surface area (Å²) in [6.45, 7) is 10.6. The summed E-state index contributed by atoms with van der Waals surface area (Å²) in [5.74, 6) is -0.0993. The van der Waals surface area contributed by atoms with Gasteiger partial charge >= 0.3 is 5.69 Å². The Balaban J connectivity index is 2.22. The molecule has 156 valence electrons. The molecule has 2 rings (SSSR count). The molecule has 0 saturated heterocycles. The number of rotatable bonds is 5. The Morgan fingerprint density at radius 1 is 1.07 bits per heavy atom. The number of nitrogens with one attached hydrogen (secondary N) is 1. The molecule has 1 heterocycles. The minimum atomic E-state index is -0.435. The number of hydrogen-bond donors (Lipinski definition) is 1. The van der Waals surface area contributed by atoms with Gasteiger partial charge in [0.2, 0.25) is 5.91 Å². The molecule has 1 N–H and O–H groups in total. The van der Waals surface area contributed by atoms with E-state index in [1.54, 1.807) is 7.05 Å². The number of hydrogen-bond acceptors (Lipinski definition) is 3. The first-order chi connectivity index (χ1) is 13.4. The summed E-state index contributed by atoms with van der Waals surface area (Å²) in [6, 6.07) is 8.15. The summed E-state index contributed by atoms with van der Waals surface area (Å²) in [6.07, 6.45) is 4.21. The van der Waals surface area contributed by atoms with E-state index in [0.29, 0.717) is 0 Å². The summed E-state index contributed by atoms with van der Waals surface area (Å²) in [5.41, 5.74) is 1.78. The van der Waals surface area contributed by atoms with Crippen molar-refractivity contribution in [3.8, 4) is 0 Å². The molecule has 6 heteroatoms. The fraction of sp³-hybridized carbons (Fsp3) is 0.435. The molecular weight excluding hydrogens is 366 g/mol. The third kappa shape index (κ3) is 5.34. The summed E-state index contributed by atoms with van der Waals surface area (Å²) < 4.78 is 2.33. The Kier molecular flexibility index (Phi) is 6.67. The Bertz CT molecular complexity index is 1020. The van der Waals surface area contributed by atoms with Gasteiger partial charge in [-0.1, -0.05) is 58.9 Å². The zero-order valence-corrected chi connectivity index (χ0v) is 18.3. The number of aryl methyl sites for hydroxylation is 1. The lowest BCUT2D eigenvalue weighted by Gasteiger charge is -2.24. The van der Waals surface area contributed by atoms with Crippen LogP contribution in [0, 0.1) is 5.92 Å². The molecule has 1 atom stereocenters. The van der Waals surface area contributed by atoms with Gasteiger partial charge in [-0.15, -0.1) is 0 Å². The maximum atomic E-state index is 12.5. The molecule has 6 nitrogen and oxygen atoms in total. The van der Waals surface area contributed by atoms with Crippen molar-refractivity contribution < 1.29 is 4.79 Å². The SMILES string of the molecule is CC(C)C(NC(=O)/C=C/c1cn(C)c(=O)n(C)c1=O)c1ccc(C(C)(C)C)cc1. The van der Waals surface area contributed by atoms with Crippen LogP contribution < -0.4 is 16.6 Å². The number of carbonyl (C=O) groups is 1. The lowest BCUT2D eigenvalue weighted by molar-refractivity contribution is -0.117. The molecule has 0 spiro atoms. The fourth-order valence-electron chi connectivity index (χ4n) is 3.14. The minimum absolute atomic E-state index is 0.0693. The third-order valence-electron chi connectivity index (χ3n) is 4.99. The maximum Gasteiger partial charge on any atom is 0.330 e. The Morgan fingerprint density at radius 2 is 1.66 bits per heavy atom. The first-order valence-corrected chi connectivity index (χ1v) is 9.77. The normalized spacial score (nSPS) is 13.1. The van der Waals surface area contributed by atoms with Crippen LogP contribution in [0.5, 0.6) is 0 Å². The van der Waals surface area contributed by atoms with Gasteiger partial charge in [0.25, 0.3) is 5.56 Å². The highest BCUT2D eigenvalue weighted by Crippen LogP contribution is 2.26. The van der Waals surface area contributed by atoms with E-state index in [0.717, 1.165) is 10.1 Å². The number of nitrogens with zero attached hydrogens (tertiary/aromatic N) is 2. The summed E-state index contributed by atoms with van der Waals surface area (Å²) in [7, 11) is 2.98. The minimum Gasteiger partial charge on any atom is -0.345 e. The van der Waals surface area contributed by atoms with Crippen molar-refractivity contribution in [2.45, 2.75) is 46.1 Å². The Labute approximate surface area is 171 Å². The molecule has 0 saturated carbocycles. The topological polar surface area (TPSA) is 73.1 Å². The molecule has 1 aromatic heterocycles. The highest BCUT2D eigenvalue weighted by Gasteiger charge is 2.19.